The fourth-order valence-corrected chi connectivity index (χ4v) is 2.33. The van der Waals surface area contributed by atoms with E-state index in [1.165, 1.54) is 25.2 Å². The Kier molecular flexibility index (Phi) is 3.48. The standard InChI is InChI=1S/C10H13N5O2S/c1-10(11,9(16)17-2)3-18-8-6-7(13-4-12-6)14-5-15-8/h4-5H,3,11H2,1-2H3,(H,12,13,14,15). The molecule has 3 N–H and O–H groups in total. The third kappa shape index (κ3) is 2.44. The largest absolute Gasteiger partial charge is 0.468 e. The van der Waals surface area contributed by atoms with Crippen molar-refractivity contribution in [2.45, 2.75) is 17.5 Å². The molecule has 0 aromatic carbocycles. The van der Waals surface area contributed by atoms with Crippen molar-refractivity contribution >= 4 is 28.9 Å². The van der Waals surface area contributed by atoms with Crippen molar-refractivity contribution < 1.29 is 9.53 Å². The van der Waals surface area contributed by atoms with Crippen molar-refractivity contribution in [2.24, 2.45) is 5.73 Å². The number of fused-ring (bicyclic) bond motifs is 1. The van der Waals surface area contributed by atoms with Crippen molar-refractivity contribution in [3.63, 3.8) is 0 Å². The number of esters is 1. The number of aromatic nitrogens is 4. The molecule has 7 nitrogen and oxygen atoms in total. The quantitative estimate of drug-likeness (QED) is 0.467. The second-order valence-corrected chi connectivity index (χ2v) is 4.94. The second kappa shape index (κ2) is 4.91. The lowest BCUT2D eigenvalue weighted by Gasteiger charge is -2.20. The number of nitrogens with two attached hydrogens (primary N) is 1. The Bertz CT molecular complexity index is 568. The number of nitrogens with one attached hydrogen (secondary N) is 1. The van der Waals surface area contributed by atoms with E-state index in [-0.39, 0.29) is 0 Å². The summed E-state index contributed by atoms with van der Waals surface area (Å²) in [6.07, 6.45) is 2.98. The smallest absolute Gasteiger partial charge is 0.326 e. The van der Waals surface area contributed by atoms with Gasteiger partial charge in [-0.25, -0.2) is 15.0 Å². The van der Waals surface area contributed by atoms with Crippen molar-refractivity contribution in [2.75, 3.05) is 12.9 Å². The zero-order valence-electron chi connectivity index (χ0n) is 10.0. The highest BCUT2D eigenvalue weighted by atomic mass is 32.2. The molecule has 2 aromatic heterocycles. The topological polar surface area (TPSA) is 107 Å². The van der Waals surface area contributed by atoms with Crippen molar-refractivity contribution in [3.8, 4) is 0 Å². The normalized spacial score (nSPS) is 14.4. The second-order valence-electron chi connectivity index (χ2n) is 3.98. The fraction of sp³-hybridized carbons (Fsp3) is 0.400. The highest BCUT2D eigenvalue weighted by molar-refractivity contribution is 7.99. The number of rotatable bonds is 4. The van der Waals surface area contributed by atoms with Gasteiger partial charge in [0.15, 0.2) is 5.65 Å². The van der Waals surface area contributed by atoms with Gasteiger partial charge in [0.05, 0.1) is 13.4 Å². The molecule has 0 saturated heterocycles. The van der Waals surface area contributed by atoms with Crippen LogP contribution in [0.25, 0.3) is 11.2 Å². The Morgan fingerprint density at radius 1 is 1.56 bits per heavy atom. The van der Waals surface area contributed by atoms with Gasteiger partial charge in [0.25, 0.3) is 0 Å². The summed E-state index contributed by atoms with van der Waals surface area (Å²) in [5.41, 5.74) is 6.14. The molecule has 0 bridgehead atoms. The van der Waals surface area contributed by atoms with Gasteiger partial charge in [-0.3, -0.25) is 4.79 Å². The average Bonchev–Trinajstić information content (AvgIpc) is 2.84. The first-order valence-electron chi connectivity index (χ1n) is 5.19. The van der Waals surface area contributed by atoms with Crippen LogP contribution >= 0.6 is 11.8 Å². The minimum absolute atomic E-state index is 0.352. The molecular weight excluding hydrogens is 254 g/mol. The van der Waals surface area contributed by atoms with Crippen LogP contribution in [0.4, 0.5) is 0 Å². The van der Waals surface area contributed by atoms with Crippen LogP contribution in [-0.2, 0) is 9.53 Å². The Balaban J connectivity index is 2.15. The maximum absolute atomic E-state index is 11.5. The summed E-state index contributed by atoms with van der Waals surface area (Å²) in [5.74, 6) is -0.102. The van der Waals surface area contributed by atoms with E-state index in [0.717, 1.165) is 5.52 Å². The fourth-order valence-electron chi connectivity index (χ4n) is 1.36. The number of carbonyl (C=O) groups is 1. The van der Waals surface area contributed by atoms with Gasteiger partial charge in [0.1, 0.15) is 22.4 Å². The molecule has 0 aliphatic heterocycles. The first-order chi connectivity index (χ1) is 8.54. The molecule has 1 unspecified atom stereocenters. The predicted octanol–water partition coefficient (Wildman–Crippen LogP) is 0.335. The molecule has 18 heavy (non-hydrogen) atoms. The molecule has 96 valence electrons. The number of nitrogens with zero attached hydrogens (tertiary/aromatic N) is 3. The van der Waals surface area contributed by atoms with Gasteiger partial charge >= 0.3 is 5.97 Å². The number of ether oxygens (including phenoxy) is 1. The van der Waals surface area contributed by atoms with Gasteiger partial charge in [0.2, 0.25) is 0 Å². The lowest BCUT2D eigenvalue weighted by atomic mass is 10.1. The molecule has 0 radical (unpaired) electrons. The average molecular weight is 267 g/mol. The lowest BCUT2D eigenvalue weighted by molar-refractivity contribution is -0.145. The van der Waals surface area contributed by atoms with Crippen molar-refractivity contribution in [3.05, 3.63) is 12.7 Å². The van der Waals surface area contributed by atoms with Crippen molar-refractivity contribution in [1.29, 1.82) is 0 Å². The van der Waals surface area contributed by atoms with Crippen LogP contribution in [0.5, 0.6) is 0 Å². The third-order valence-electron chi connectivity index (χ3n) is 2.35. The molecule has 0 fully saturated rings. The third-order valence-corrected chi connectivity index (χ3v) is 3.68. The predicted molar refractivity (Wildman–Crippen MR) is 67.0 cm³/mol. The number of hydrogen-bond donors (Lipinski definition) is 2. The van der Waals surface area contributed by atoms with E-state index in [0.29, 0.717) is 16.4 Å². The monoisotopic (exact) mass is 267 g/mol. The van der Waals surface area contributed by atoms with E-state index in [9.17, 15) is 4.79 Å². The summed E-state index contributed by atoms with van der Waals surface area (Å²) in [6, 6.07) is 0. The maximum Gasteiger partial charge on any atom is 0.326 e. The van der Waals surface area contributed by atoms with Gasteiger partial charge in [-0.15, -0.1) is 11.8 Å². The summed E-state index contributed by atoms with van der Waals surface area (Å²) in [4.78, 5) is 26.6. The summed E-state index contributed by atoms with van der Waals surface area (Å²) in [6.45, 7) is 1.62. The maximum atomic E-state index is 11.5. The highest BCUT2D eigenvalue weighted by Crippen LogP contribution is 2.24. The van der Waals surface area contributed by atoms with E-state index in [1.54, 1.807) is 13.3 Å². The lowest BCUT2D eigenvalue weighted by Crippen LogP contribution is -2.48. The van der Waals surface area contributed by atoms with Gasteiger partial charge in [0, 0.05) is 5.75 Å². The number of thioether (sulfide) groups is 1. The summed E-state index contributed by atoms with van der Waals surface area (Å²) >= 11 is 1.36. The molecule has 0 amide bonds. The number of hydrogen-bond acceptors (Lipinski definition) is 7. The number of methoxy groups -OCH3 is 1. The summed E-state index contributed by atoms with van der Waals surface area (Å²) < 4.78 is 4.65. The molecular formula is C10H13N5O2S. The Labute approximate surface area is 108 Å². The van der Waals surface area contributed by atoms with E-state index < -0.39 is 11.5 Å². The van der Waals surface area contributed by atoms with Crippen LogP contribution < -0.4 is 5.73 Å². The van der Waals surface area contributed by atoms with Gasteiger partial charge < -0.3 is 15.5 Å². The first kappa shape index (κ1) is 12.8. The highest BCUT2D eigenvalue weighted by Gasteiger charge is 2.30. The molecule has 2 heterocycles. The van der Waals surface area contributed by atoms with Gasteiger partial charge in [-0.05, 0) is 6.92 Å². The van der Waals surface area contributed by atoms with Crippen LogP contribution in [0.2, 0.25) is 0 Å². The molecule has 1 atom stereocenters. The summed E-state index contributed by atoms with van der Waals surface area (Å²) in [7, 11) is 1.32. The number of carbonyl (C=O) groups excluding carboxylic acids is 1. The minimum atomic E-state index is -1.06. The molecule has 2 rings (SSSR count). The Hall–Kier alpha value is -1.67. The van der Waals surface area contributed by atoms with Crippen LogP contribution in [0.1, 0.15) is 6.92 Å². The van der Waals surface area contributed by atoms with E-state index >= 15 is 0 Å². The first-order valence-corrected chi connectivity index (χ1v) is 6.17. The molecule has 2 aromatic rings. The van der Waals surface area contributed by atoms with Gasteiger partial charge in [-0.2, -0.15) is 0 Å². The number of H-pyrrole nitrogens is 1. The van der Waals surface area contributed by atoms with Crippen molar-refractivity contribution in [1.82, 2.24) is 19.9 Å². The molecule has 0 saturated carbocycles. The van der Waals surface area contributed by atoms with E-state index in [1.807, 2.05) is 0 Å². The molecule has 0 aliphatic carbocycles. The van der Waals surface area contributed by atoms with Crippen LogP contribution in [0, 0.1) is 0 Å². The molecule has 0 spiro atoms. The Morgan fingerprint density at radius 3 is 3.06 bits per heavy atom. The SMILES string of the molecule is COC(=O)C(C)(N)CSc1ncnc2nc[nH]c12. The van der Waals surface area contributed by atoms with Gasteiger partial charge in [-0.1, -0.05) is 0 Å². The van der Waals surface area contributed by atoms with E-state index in [2.05, 4.69) is 24.7 Å². The Morgan fingerprint density at radius 2 is 2.33 bits per heavy atom. The zero-order valence-corrected chi connectivity index (χ0v) is 10.8. The number of aromatic amines is 1. The minimum Gasteiger partial charge on any atom is -0.468 e. The van der Waals surface area contributed by atoms with Crippen LogP contribution in [0.3, 0.4) is 0 Å². The zero-order chi connectivity index (χ0) is 13.2. The summed E-state index contributed by atoms with van der Waals surface area (Å²) in [5, 5.41) is 0.707. The molecule has 8 heteroatoms. The number of imidazole rings is 1. The van der Waals surface area contributed by atoms with E-state index in [4.69, 9.17) is 5.73 Å². The van der Waals surface area contributed by atoms with Crippen LogP contribution in [-0.4, -0.2) is 44.3 Å². The molecule has 0 aliphatic rings. The van der Waals surface area contributed by atoms with Crippen LogP contribution in [0.15, 0.2) is 17.7 Å².